The lowest BCUT2D eigenvalue weighted by molar-refractivity contribution is 0.624. The van der Waals surface area contributed by atoms with Crippen molar-refractivity contribution in [1.29, 1.82) is 0 Å². The Morgan fingerprint density at radius 3 is 3.05 bits per heavy atom. The van der Waals surface area contributed by atoms with E-state index in [4.69, 9.17) is 4.42 Å². The van der Waals surface area contributed by atoms with E-state index in [1.165, 1.54) is 26.6 Å². The summed E-state index contributed by atoms with van der Waals surface area (Å²) in [5.74, 6) is 0. The molecule has 4 rings (SSSR count). The molecular weight excluding hydrogens is 252 g/mol. The maximum atomic E-state index is 5.48. The summed E-state index contributed by atoms with van der Waals surface area (Å²) < 4.78 is 6.75. The van der Waals surface area contributed by atoms with Gasteiger partial charge in [0.2, 0.25) is 0 Å². The van der Waals surface area contributed by atoms with Gasteiger partial charge in [-0.3, -0.25) is 0 Å². The van der Waals surface area contributed by atoms with Gasteiger partial charge in [0.1, 0.15) is 0 Å². The number of fused-ring (bicyclic) bond motifs is 3. The van der Waals surface area contributed by atoms with Crippen LogP contribution in [0.5, 0.6) is 0 Å². The van der Waals surface area contributed by atoms with Crippen LogP contribution in [-0.4, -0.2) is 0 Å². The van der Waals surface area contributed by atoms with E-state index in [9.17, 15) is 0 Å². The van der Waals surface area contributed by atoms with E-state index in [1.54, 1.807) is 17.6 Å². The first-order valence-corrected chi connectivity index (χ1v) is 6.93. The fourth-order valence-corrected chi connectivity index (χ4v) is 3.34. The van der Waals surface area contributed by atoms with E-state index >= 15 is 0 Å². The topological polar surface area (TPSA) is 13.1 Å². The van der Waals surface area contributed by atoms with Crippen LogP contribution in [0.25, 0.3) is 25.9 Å². The van der Waals surface area contributed by atoms with Crippen molar-refractivity contribution in [2.75, 3.05) is 0 Å². The lowest BCUT2D eigenvalue weighted by Gasteiger charge is -2.01. The van der Waals surface area contributed by atoms with E-state index in [1.807, 2.05) is 24.3 Å². The predicted octanol–water partition coefficient (Wildman–Crippen LogP) is 5.31. The zero-order valence-corrected chi connectivity index (χ0v) is 10.9. The van der Waals surface area contributed by atoms with Crippen LogP contribution < -0.4 is 0 Å². The summed E-state index contributed by atoms with van der Waals surface area (Å²) in [6.45, 7) is 0. The second-order valence-electron chi connectivity index (χ2n) is 4.42. The SMILES string of the molecule is C1=CC=CC(c2ccc3sc4occc4c3c2)=CC=1. The fourth-order valence-electron chi connectivity index (χ4n) is 2.33. The Balaban J connectivity index is 1.95. The van der Waals surface area contributed by atoms with E-state index in [2.05, 4.69) is 36.1 Å². The summed E-state index contributed by atoms with van der Waals surface area (Å²) in [5, 5.41) is 2.47. The van der Waals surface area contributed by atoms with Crippen molar-refractivity contribution in [3.05, 3.63) is 72.2 Å². The number of thiophene rings is 1. The van der Waals surface area contributed by atoms with Crippen LogP contribution >= 0.6 is 11.3 Å². The molecule has 2 heteroatoms. The highest BCUT2D eigenvalue weighted by atomic mass is 32.1. The van der Waals surface area contributed by atoms with Gasteiger partial charge in [0, 0.05) is 15.5 Å². The molecule has 0 amide bonds. The summed E-state index contributed by atoms with van der Waals surface area (Å²) in [6.07, 6.45) is 11.8. The molecule has 19 heavy (non-hydrogen) atoms. The minimum atomic E-state index is 0.999. The van der Waals surface area contributed by atoms with Crippen LogP contribution in [0.15, 0.2) is 71.1 Å². The van der Waals surface area contributed by atoms with Crippen molar-refractivity contribution >= 4 is 37.3 Å². The zero-order chi connectivity index (χ0) is 12.7. The van der Waals surface area contributed by atoms with Gasteiger partial charge in [0.15, 0.2) is 4.90 Å². The Morgan fingerprint density at radius 2 is 2.05 bits per heavy atom. The molecule has 0 aliphatic heterocycles. The Morgan fingerprint density at radius 1 is 1.05 bits per heavy atom. The van der Waals surface area contributed by atoms with Crippen LogP contribution in [0, 0.1) is 0 Å². The predicted molar refractivity (Wildman–Crippen MR) is 81.4 cm³/mol. The third-order valence-electron chi connectivity index (χ3n) is 3.26. The molecule has 1 nitrogen and oxygen atoms in total. The van der Waals surface area contributed by atoms with Gasteiger partial charge in [0.25, 0.3) is 0 Å². The van der Waals surface area contributed by atoms with Crippen LogP contribution in [0.3, 0.4) is 0 Å². The van der Waals surface area contributed by atoms with Gasteiger partial charge in [-0.1, -0.05) is 29.6 Å². The highest BCUT2D eigenvalue weighted by Gasteiger charge is 2.08. The van der Waals surface area contributed by atoms with Crippen LogP contribution in [0.2, 0.25) is 0 Å². The van der Waals surface area contributed by atoms with E-state index in [0.717, 1.165) is 4.90 Å². The molecule has 0 spiro atoms. The molecule has 2 heterocycles. The summed E-state index contributed by atoms with van der Waals surface area (Å²) in [6, 6.07) is 8.60. The minimum absolute atomic E-state index is 0.999. The molecule has 0 fully saturated rings. The lowest BCUT2D eigenvalue weighted by atomic mass is 10.0. The third kappa shape index (κ3) is 1.70. The number of hydrogen-bond acceptors (Lipinski definition) is 2. The zero-order valence-electron chi connectivity index (χ0n) is 10.1. The largest absolute Gasteiger partial charge is 0.454 e. The maximum absolute atomic E-state index is 5.48. The molecule has 0 N–H and O–H groups in total. The average Bonchev–Trinajstić information content (AvgIpc) is 2.89. The standard InChI is InChI=1S/C17H10OS/c1-2-4-6-12(5-3-1)13-7-8-16-15(11-13)14-9-10-18-17(14)19-16/h1,3-11H. The molecule has 0 radical (unpaired) electrons. The summed E-state index contributed by atoms with van der Waals surface area (Å²) in [4.78, 5) is 0.999. The summed E-state index contributed by atoms with van der Waals surface area (Å²) in [5.41, 5.74) is 5.50. The van der Waals surface area contributed by atoms with Crippen LogP contribution in [0.4, 0.5) is 0 Å². The number of rotatable bonds is 1. The third-order valence-corrected chi connectivity index (χ3v) is 4.34. The van der Waals surface area contributed by atoms with Gasteiger partial charge < -0.3 is 4.42 Å². The molecule has 1 aromatic carbocycles. The lowest BCUT2D eigenvalue weighted by Crippen LogP contribution is -1.79. The maximum Gasteiger partial charge on any atom is 0.188 e. The van der Waals surface area contributed by atoms with Crippen molar-refractivity contribution in [1.82, 2.24) is 0 Å². The Kier molecular flexibility index (Phi) is 2.31. The number of allylic oxidation sites excluding steroid dienone is 5. The van der Waals surface area contributed by atoms with Gasteiger partial charge in [0.05, 0.1) is 6.26 Å². The monoisotopic (exact) mass is 262 g/mol. The fraction of sp³-hybridized carbons (Fsp3) is 0. The number of benzene rings is 1. The molecule has 1 aliphatic rings. The highest BCUT2D eigenvalue weighted by molar-refractivity contribution is 7.25. The van der Waals surface area contributed by atoms with E-state index in [-0.39, 0.29) is 0 Å². The van der Waals surface area contributed by atoms with Gasteiger partial charge in [-0.25, -0.2) is 0 Å². The van der Waals surface area contributed by atoms with E-state index < -0.39 is 0 Å². The molecule has 3 aromatic rings. The molecule has 0 saturated heterocycles. The summed E-state index contributed by atoms with van der Waals surface area (Å²) in [7, 11) is 0. The Hall–Kier alpha value is -2.28. The second kappa shape index (κ2) is 4.13. The van der Waals surface area contributed by atoms with Crippen LogP contribution in [-0.2, 0) is 0 Å². The van der Waals surface area contributed by atoms with Crippen molar-refractivity contribution in [3.8, 4) is 0 Å². The number of furan rings is 1. The first kappa shape index (κ1) is 10.6. The minimum Gasteiger partial charge on any atom is -0.454 e. The molecular formula is C17H10OS. The van der Waals surface area contributed by atoms with Crippen molar-refractivity contribution < 1.29 is 4.42 Å². The molecule has 0 atom stereocenters. The first-order chi connectivity index (χ1) is 9.42. The van der Waals surface area contributed by atoms with E-state index in [0.29, 0.717) is 0 Å². The Bertz CT molecular complexity index is 896. The molecule has 1 aliphatic carbocycles. The quantitative estimate of drug-likeness (QED) is 0.541. The smallest absolute Gasteiger partial charge is 0.188 e. The van der Waals surface area contributed by atoms with Gasteiger partial charge in [-0.15, -0.1) is 5.73 Å². The molecule has 2 aromatic heterocycles. The number of hydrogen-bond donors (Lipinski definition) is 0. The molecule has 0 unspecified atom stereocenters. The van der Waals surface area contributed by atoms with Crippen molar-refractivity contribution in [2.45, 2.75) is 0 Å². The average molecular weight is 262 g/mol. The normalized spacial score (nSPS) is 14.2. The van der Waals surface area contributed by atoms with Crippen LogP contribution in [0.1, 0.15) is 5.56 Å². The molecule has 0 saturated carbocycles. The van der Waals surface area contributed by atoms with Crippen molar-refractivity contribution in [2.24, 2.45) is 0 Å². The van der Waals surface area contributed by atoms with Gasteiger partial charge in [-0.05, 0) is 47.6 Å². The summed E-state index contributed by atoms with van der Waals surface area (Å²) >= 11 is 1.70. The molecule has 90 valence electrons. The highest BCUT2D eigenvalue weighted by Crippen LogP contribution is 2.36. The molecule has 0 bridgehead atoms. The Labute approximate surface area is 114 Å². The van der Waals surface area contributed by atoms with Gasteiger partial charge in [-0.2, -0.15) is 0 Å². The second-order valence-corrected chi connectivity index (χ2v) is 5.43. The van der Waals surface area contributed by atoms with Gasteiger partial charge >= 0.3 is 0 Å². The van der Waals surface area contributed by atoms with Crippen molar-refractivity contribution in [3.63, 3.8) is 0 Å². The first-order valence-electron chi connectivity index (χ1n) is 6.11.